The summed E-state index contributed by atoms with van der Waals surface area (Å²) in [6.45, 7) is 3.95. The van der Waals surface area contributed by atoms with Gasteiger partial charge in [-0.25, -0.2) is 0 Å². The van der Waals surface area contributed by atoms with E-state index in [1.807, 2.05) is 0 Å². The number of carbonyl (C=O) groups excluding carboxylic acids is 1. The average molecular weight is 278 g/mol. The van der Waals surface area contributed by atoms with Crippen LogP contribution in [0.5, 0.6) is 0 Å². The number of aryl methyl sites for hydroxylation is 2. The topological polar surface area (TPSA) is 80.9 Å². The molecule has 0 aromatic carbocycles. The molecule has 1 amide bonds. The lowest BCUT2D eigenvalue weighted by molar-refractivity contribution is 0.102. The van der Waals surface area contributed by atoms with Crippen molar-refractivity contribution in [2.45, 2.75) is 33.1 Å². The second-order valence-corrected chi connectivity index (χ2v) is 5.68. The van der Waals surface area contributed by atoms with E-state index in [1.165, 1.54) is 0 Å². The molecule has 7 heteroatoms. The van der Waals surface area contributed by atoms with Crippen LogP contribution < -0.4 is 5.32 Å². The third-order valence-corrected chi connectivity index (χ3v) is 4.21. The minimum absolute atomic E-state index is 0.232. The normalized spacial score (nSPS) is 18.1. The molecule has 1 aliphatic rings. The number of amides is 1. The van der Waals surface area contributed by atoms with Crippen LogP contribution in [0, 0.1) is 12.8 Å². The molecule has 0 aliphatic heterocycles. The van der Waals surface area contributed by atoms with E-state index in [-0.39, 0.29) is 5.91 Å². The van der Waals surface area contributed by atoms with Gasteiger partial charge in [0, 0.05) is 5.56 Å². The van der Waals surface area contributed by atoms with E-state index >= 15 is 0 Å². The van der Waals surface area contributed by atoms with Crippen LogP contribution in [0.1, 0.15) is 40.0 Å². The molecule has 0 bridgehead atoms. The first-order valence-electron chi connectivity index (χ1n) is 6.23. The first-order valence-corrected chi connectivity index (χ1v) is 7.00. The monoisotopic (exact) mass is 278 g/mol. The molecule has 2 aromatic rings. The highest BCUT2D eigenvalue weighted by atomic mass is 32.1. The number of carbonyl (C=O) groups is 1. The Morgan fingerprint density at radius 2 is 2.37 bits per heavy atom. The van der Waals surface area contributed by atoms with Crippen molar-refractivity contribution in [2.24, 2.45) is 5.92 Å². The van der Waals surface area contributed by atoms with Gasteiger partial charge in [-0.05, 0) is 43.6 Å². The summed E-state index contributed by atoms with van der Waals surface area (Å²) >= 11 is 1.08. The standard InChI is InChI=1S/C12H14N4O2S/c1-6-3-4-9-8(5-6)12(18-15-9)13-11(17)10-7(2)14-16-19-10/h6H,3-5H2,1-2H3,(H,13,17). The van der Waals surface area contributed by atoms with Gasteiger partial charge < -0.3 is 4.52 Å². The zero-order valence-electron chi connectivity index (χ0n) is 10.8. The van der Waals surface area contributed by atoms with E-state index in [1.54, 1.807) is 6.92 Å². The van der Waals surface area contributed by atoms with Crippen molar-refractivity contribution in [3.05, 3.63) is 21.8 Å². The van der Waals surface area contributed by atoms with Gasteiger partial charge in [0.1, 0.15) is 4.88 Å². The SMILES string of the molecule is Cc1nnsc1C(=O)Nc1onc2c1CC(C)CC2. The van der Waals surface area contributed by atoms with Gasteiger partial charge in [0.25, 0.3) is 5.91 Å². The molecule has 1 N–H and O–H groups in total. The van der Waals surface area contributed by atoms with Gasteiger partial charge in [-0.3, -0.25) is 10.1 Å². The van der Waals surface area contributed by atoms with Crippen molar-refractivity contribution < 1.29 is 9.32 Å². The maximum Gasteiger partial charge on any atom is 0.271 e. The quantitative estimate of drug-likeness (QED) is 0.910. The van der Waals surface area contributed by atoms with Crippen LogP contribution in [0.3, 0.4) is 0 Å². The highest BCUT2D eigenvalue weighted by molar-refractivity contribution is 7.08. The first kappa shape index (κ1) is 12.3. The summed E-state index contributed by atoms with van der Waals surface area (Å²) in [4.78, 5) is 12.6. The van der Waals surface area contributed by atoms with Crippen LogP contribution in [-0.2, 0) is 12.8 Å². The van der Waals surface area contributed by atoms with Crippen LogP contribution in [-0.4, -0.2) is 20.7 Å². The van der Waals surface area contributed by atoms with Crippen LogP contribution in [0.15, 0.2) is 4.52 Å². The van der Waals surface area contributed by atoms with Crippen LogP contribution in [0.2, 0.25) is 0 Å². The molecule has 19 heavy (non-hydrogen) atoms. The smallest absolute Gasteiger partial charge is 0.271 e. The van der Waals surface area contributed by atoms with E-state index in [0.717, 1.165) is 42.1 Å². The fraction of sp³-hybridized carbons (Fsp3) is 0.500. The molecule has 3 rings (SSSR count). The van der Waals surface area contributed by atoms with Gasteiger partial charge in [-0.2, -0.15) is 0 Å². The molecule has 0 radical (unpaired) electrons. The second-order valence-electron chi connectivity index (χ2n) is 4.93. The molecule has 6 nitrogen and oxygen atoms in total. The molecule has 0 spiro atoms. The molecule has 1 atom stereocenters. The Bertz CT molecular complexity index is 619. The zero-order chi connectivity index (χ0) is 13.4. The second kappa shape index (κ2) is 4.73. The Morgan fingerprint density at radius 3 is 3.11 bits per heavy atom. The van der Waals surface area contributed by atoms with Gasteiger partial charge in [-0.1, -0.05) is 16.6 Å². The summed E-state index contributed by atoms with van der Waals surface area (Å²) in [7, 11) is 0. The summed E-state index contributed by atoms with van der Waals surface area (Å²) < 4.78 is 9.01. The summed E-state index contributed by atoms with van der Waals surface area (Å²) in [5.41, 5.74) is 2.62. The highest BCUT2D eigenvalue weighted by Crippen LogP contribution is 2.30. The van der Waals surface area contributed by atoms with Crippen molar-refractivity contribution in [3.8, 4) is 0 Å². The Hall–Kier alpha value is -1.76. The summed E-state index contributed by atoms with van der Waals surface area (Å²) in [5, 5.41) is 10.6. The van der Waals surface area contributed by atoms with E-state index < -0.39 is 0 Å². The van der Waals surface area contributed by atoms with Crippen LogP contribution in [0.25, 0.3) is 0 Å². The number of nitrogens with one attached hydrogen (secondary N) is 1. The summed E-state index contributed by atoms with van der Waals surface area (Å²) in [6, 6.07) is 0. The van der Waals surface area contributed by atoms with Crippen LogP contribution >= 0.6 is 11.5 Å². The summed E-state index contributed by atoms with van der Waals surface area (Å²) in [5.74, 6) is 0.832. The predicted molar refractivity (Wildman–Crippen MR) is 70.3 cm³/mol. The molecule has 2 aromatic heterocycles. The largest absolute Gasteiger partial charge is 0.338 e. The Morgan fingerprint density at radius 1 is 1.53 bits per heavy atom. The lowest BCUT2D eigenvalue weighted by Gasteiger charge is -2.16. The van der Waals surface area contributed by atoms with E-state index in [9.17, 15) is 4.79 Å². The van der Waals surface area contributed by atoms with Gasteiger partial charge in [0.05, 0.1) is 11.4 Å². The number of hydrogen-bond donors (Lipinski definition) is 1. The number of anilines is 1. The van der Waals surface area contributed by atoms with Crippen molar-refractivity contribution in [1.82, 2.24) is 14.7 Å². The maximum atomic E-state index is 12.1. The molecule has 0 saturated heterocycles. The van der Waals surface area contributed by atoms with E-state index in [2.05, 4.69) is 27.0 Å². The lowest BCUT2D eigenvalue weighted by atomic mass is 9.89. The zero-order valence-corrected chi connectivity index (χ0v) is 11.6. The summed E-state index contributed by atoms with van der Waals surface area (Å²) in [6.07, 6.45) is 2.93. The molecule has 1 unspecified atom stereocenters. The van der Waals surface area contributed by atoms with E-state index in [4.69, 9.17) is 4.52 Å². The minimum atomic E-state index is -0.232. The van der Waals surface area contributed by atoms with Crippen molar-refractivity contribution in [2.75, 3.05) is 5.32 Å². The lowest BCUT2D eigenvalue weighted by Crippen LogP contribution is -2.15. The van der Waals surface area contributed by atoms with Gasteiger partial charge in [0.15, 0.2) is 0 Å². The fourth-order valence-corrected chi connectivity index (χ4v) is 2.83. The number of aromatic nitrogens is 3. The fourth-order valence-electron chi connectivity index (χ4n) is 2.28. The average Bonchev–Trinajstić information content (AvgIpc) is 2.96. The number of fused-ring (bicyclic) bond motifs is 1. The van der Waals surface area contributed by atoms with Crippen molar-refractivity contribution >= 4 is 23.3 Å². The van der Waals surface area contributed by atoms with Gasteiger partial charge in [-0.15, -0.1) is 5.10 Å². The molecular formula is C12H14N4O2S. The molecule has 2 heterocycles. The first-order chi connectivity index (χ1) is 9.15. The van der Waals surface area contributed by atoms with Gasteiger partial charge in [0.2, 0.25) is 5.88 Å². The third-order valence-electron chi connectivity index (χ3n) is 3.38. The Kier molecular flexibility index (Phi) is 3.06. The van der Waals surface area contributed by atoms with Crippen LogP contribution in [0.4, 0.5) is 5.88 Å². The Labute approximate surface area is 114 Å². The van der Waals surface area contributed by atoms with Gasteiger partial charge >= 0.3 is 0 Å². The Balaban J connectivity index is 1.83. The number of rotatable bonds is 2. The molecule has 0 saturated carbocycles. The molecule has 0 fully saturated rings. The number of nitrogens with zero attached hydrogens (tertiary/aromatic N) is 3. The molecule has 1 aliphatic carbocycles. The maximum absolute atomic E-state index is 12.1. The molecular weight excluding hydrogens is 264 g/mol. The molecule has 100 valence electrons. The minimum Gasteiger partial charge on any atom is -0.338 e. The highest BCUT2D eigenvalue weighted by Gasteiger charge is 2.25. The van der Waals surface area contributed by atoms with E-state index in [0.29, 0.717) is 22.4 Å². The third kappa shape index (κ3) is 2.25. The van der Waals surface area contributed by atoms with Crippen molar-refractivity contribution in [1.29, 1.82) is 0 Å². The van der Waals surface area contributed by atoms with Crippen molar-refractivity contribution in [3.63, 3.8) is 0 Å². The predicted octanol–water partition coefficient (Wildman–Crippen LogP) is 2.21. The number of hydrogen-bond acceptors (Lipinski definition) is 6.